The largest absolute Gasteiger partial charge is 0.478 e. The zero-order valence-corrected chi connectivity index (χ0v) is 12.3. The van der Waals surface area contributed by atoms with Gasteiger partial charge in [0.25, 0.3) is 5.91 Å². The summed E-state index contributed by atoms with van der Waals surface area (Å²) in [5.74, 6) is -1.52. The number of halogens is 1. The number of hydrogen-bond donors (Lipinski definition) is 2. The van der Waals surface area contributed by atoms with Crippen molar-refractivity contribution in [3.8, 4) is 0 Å². The topological polar surface area (TPSA) is 66.4 Å². The molecule has 104 valence electrons. The smallest absolute Gasteiger partial charge is 0.337 e. The van der Waals surface area contributed by atoms with Gasteiger partial charge in [0.1, 0.15) is 0 Å². The lowest BCUT2D eigenvalue weighted by atomic mass is 9.95. The van der Waals surface area contributed by atoms with Crippen molar-refractivity contribution in [2.24, 2.45) is 0 Å². The second-order valence-corrected chi connectivity index (χ2v) is 5.48. The van der Waals surface area contributed by atoms with E-state index in [1.54, 1.807) is 48.5 Å². The zero-order valence-electron chi connectivity index (χ0n) is 10.8. The molecular weight excluding hydrogens is 334 g/mol. The van der Waals surface area contributed by atoms with Crippen LogP contribution in [0, 0.1) is 0 Å². The number of carbonyl (C=O) groups excluding carboxylic acids is 1. The number of aliphatic carboxylic acids is 1. The third kappa shape index (κ3) is 2.36. The highest BCUT2D eigenvalue weighted by molar-refractivity contribution is 9.10. The lowest BCUT2D eigenvalue weighted by molar-refractivity contribution is -0.130. The minimum atomic E-state index is -1.13. The summed E-state index contributed by atoms with van der Waals surface area (Å²) >= 11 is 3.35. The summed E-state index contributed by atoms with van der Waals surface area (Å²) in [6.45, 7) is 0. The van der Waals surface area contributed by atoms with E-state index in [0.717, 1.165) is 4.47 Å². The van der Waals surface area contributed by atoms with Crippen LogP contribution >= 0.6 is 15.9 Å². The number of carbonyl (C=O) groups is 2. The zero-order chi connectivity index (χ0) is 15.0. The second-order valence-electron chi connectivity index (χ2n) is 4.57. The lowest BCUT2D eigenvalue weighted by Crippen LogP contribution is -2.10. The van der Waals surface area contributed by atoms with Crippen molar-refractivity contribution < 1.29 is 14.7 Å². The molecule has 1 amide bonds. The van der Waals surface area contributed by atoms with E-state index >= 15 is 0 Å². The Morgan fingerprint density at radius 1 is 1.10 bits per heavy atom. The van der Waals surface area contributed by atoms with E-state index in [2.05, 4.69) is 21.2 Å². The number of rotatable bonds is 2. The fourth-order valence-electron chi connectivity index (χ4n) is 2.37. The summed E-state index contributed by atoms with van der Waals surface area (Å²) in [6.07, 6.45) is 0. The average Bonchev–Trinajstić information content (AvgIpc) is 2.77. The summed E-state index contributed by atoms with van der Waals surface area (Å²) in [7, 11) is 0. The summed E-state index contributed by atoms with van der Waals surface area (Å²) < 4.78 is 0.785. The Hall–Kier alpha value is -2.40. The van der Waals surface area contributed by atoms with Gasteiger partial charge < -0.3 is 10.4 Å². The summed E-state index contributed by atoms with van der Waals surface area (Å²) in [5, 5.41) is 12.2. The van der Waals surface area contributed by atoms with Crippen molar-refractivity contribution in [1.29, 1.82) is 0 Å². The van der Waals surface area contributed by atoms with Crippen LogP contribution in [0.3, 0.4) is 0 Å². The van der Waals surface area contributed by atoms with E-state index in [9.17, 15) is 14.7 Å². The highest BCUT2D eigenvalue weighted by atomic mass is 79.9. The standard InChI is InChI=1S/C16H10BrNO3/c17-10-6-7-12-11(8-10)14(15(19)18-12)13(16(20)21)9-4-2-1-3-5-9/h1-8H,(H,18,19)(H,20,21). The first-order valence-corrected chi connectivity index (χ1v) is 7.01. The van der Waals surface area contributed by atoms with Crippen molar-refractivity contribution in [1.82, 2.24) is 0 Å². The molecule has 0 saturated heterocycles. The molecule has 4 nitrogen and oxygen atoms in total. The van der Waals surface area contributed by atoms with E-state index in [-0.39, 0.29) is 11.1 Å². The quantitative estimate of drug-likeness (QED) is 0.821. The lowest BCUT2D eigenvalue weighted by Gasteiger charge is -2.07. The molecule has 0 aliphatic carbocycles. The Morgan fingerprint density at radius 2 is 1.81 bits per heavy atom. The van der Waals surface area contributed by atoms with Gasteiger partial charge in [-0.15, -0.1) is 0 Å². The van der Waals surface area contributed by atoms with Crippen molar-refractivity contribution in [2.45, 2.75) is 0 Å². The molecule has 2 N–H and O–H groups in total. The fourth-order valence-corrected chi connectivity index (χ4v) is 2.73. The van der Waals surface area contributed by atoms with Gasteiger partial charge in [-0.25, -0.2) is 4.79 Å². The van der Waals surface area contributed by atoms with Gasteiger partial charge in [0.05, 0.1) is 11.1 Å². The minimum Gasteiger partial charge on any atom is -0.478 e. The van der Waals surface area contributed by atoms with Crippen molar-refractivity contribution in [2.75, 3.05) is 5.32 Å². The summed E-state index contributed by atoms with van der Waals surface area (Å²) in [4.78, 5) is 23.9. The molecule has 0 saturated carbocycles. The van der Waals surface area contributed by atoms with Crippen LogP contribution in [0.15, 0.2) is 53.0 Å². The maximum Gasteiger partial charge on any atom is 0.337 e. The molecular formula is C16H10BrNO3. The number of fused-ring (bicyclic) bond motifs is 1. The van der Waals surface area contributed by atoms with Crippen LogP contribution in [0.5, 0.6) is 0 Å². The van der Waals surface area contributed by atoms with Gasteiger partial charge in [-0.2, -0.15) is 0 Å². The van der Waals surface area contributed by atoms with Gasteiger partial charge in [0.15, 0.2) is 0 Å². The maximum absolute atomic E-state index is 12.2. The molecule has 21 heavy (non-hydrogen) atoms. The molecule has 0 radical (unpaired) electrons. The molecule has 1 aliphatic rings. The second kappa shape index (κ2) is 5.18. The highest BCUT2D eigenvalue weighted by Crippen LogP contribution is 2.38. The van der Waals surface area contributed by atoms with Crippen LogP contribution in [0.4, 0.5) is 5.69 Å². The van der Waals surface area contributed by atoms with Gasteiger partial charge >= 0.3 is 5.97 Å². The number of hydrogen-bond acceptors (Lipinski definition) is 2. The van der Waals surface area contributed by atoms with Crippen LogP contribution in [-0.4, -0.2) is 17.0 Å². The van der Waals surface area contributed by atoms with Gasteiger partial charge in [-0.3, -0.25) is 4.79 Å². The predicted molar refractivity (Wildman–Crippen MR) is 83.7 cm³/mol. The summed E-state index contributed by atoms with van der Waals surface area (Å²) in [6, 6.07) is 13.9. The van der Waals surface area contributed by atoms with Crippen molar-refractivity contribution in [3.63, 3.8) is 0 Å². The van der Waals surface area contributed by atoms with Crippen LogP contribution in [0.25, 0.3) is 11.1 Å². The summed E-state index contributed by atoms with van der Waals surface area (Å²) in [5.41, 5.74) is 1.90. The molecule has 1 heterocycles. The Bertz CT molecular complexity index is 781. The molecule has 0 bridgehead atoms. The number of carboxylic acid groups (broad SMARTS) is 1. The Labute approximate surface area is 129 Å². The molecule has 0 aromatic heterocycles. The first-order valence-electron chi connectivity index (χ1n) is 6.22. The van der Waals surface area contributed by atoms with E-state index in [1.165, 1.54) is 0 Å². The number of nitrogens with one attached hydrogen (secondary N) is 1. The minimum absolute atomic E-state index is 0.00458. The first-order chi connectivity index (χ1) is 10.1. The van der Waals surface area contributed by atoms with Crippen LogP contribution in [-0.2, 0) is 9.59 Å². The average molecular weight is 344 g/mol. The SMILES string of the molecule is O=C(O)C(=C1C(=O)Nc2ccc(Br)cc21)c1ccccc1. The van der Waals surface area contributed by atoms with Gasteiger partial charge in [0.2, 0.25) is 0 Å². The first kappa shape index (κ1) is 13.6. The van der Waals surface area contributed by atoms with Crippen molar-refractivity contribution >= 4 is 44.6 Å². The molecule has 0 spiro atoms. The monoisotopic (exact) mass is 343 g/mol. The maximum atomic E-state index is 12.2. The predicted octanol–water partition coefficient (Wildman–Crippen LogP) is 3.40. The van der Waals surface area contributed by atoms with E-state index < -0.39 is 11.9 Å². The molecule has 0 fully saturated rings. The normalized spacial score (nSPS) is 15.4. The van der Waals surface area contributed by atoms with Crippen LogP contribution in [0.2, 0.25) is 0 Å². The molecule has 2 aromatic rings. The molecule has 5 heteroatoms. The molecule has 2 aromatic carbocycles. The number of carboxylic acids is 1. The molecule has 0 atom stereocenters. The molecule has 3 rings (SSSR count). The van der Waals surface area contributed by atoms with Gasteiger partial charge in [-0.1, -0.05) is 46.3 Å². The number of anilines is 1. The Morgan fingerprint density at radius 3 is 2.48 bits per heavy atom. The van der Waals surface area contributed by atoms with E-state index in [1.807, 2.05) is 0 Å². The van der Waals surface area contributed by atoms with Crippen LogP contribution in [0.1, 0.15) is 11.1 Å². The van der Waals surface area contributed by atoms with Crippen molar-refractivity contribution in [3.05, 3.63) is 64.1 Å². The van der Waals surface area contributed by atoms with Gasteiger partial charge in [-0.05, 0) is 23.8 Å². The Kier molecular flexibility index (Phi) is 3.35. The molecule has 1 aliphatic heterocycles. The van der Waals surface area contributed by atoms with E-state index in [4.69, 9.17) is 0 Å². The third-order valence-electron chi connectivity index (χ3n) is 3.25. The van der Waals surface area contributed by atoms with E-state index in [0.29, 0.717) is 16.8 Å². The molecule has 0 unspecified atom stereocenters. The third-order valence-corrected chi connectivity index (χ3v) is 3.75. The number of benzene rings is 2. The van der Waals surface area contributed by atoms with Gasteiger partial charge in [0, 0.05) is 15.7 Å². The number of amides is 1. The fraction of sp³-hybridized carbons (Fsp3) is 0. The Balaban J connectivity index is 2.31. The van der Waals surface area contributed by atoms with Crippen LogP contribution < -0.4 is 5.32 Å². The highest BCUT2D eigenvalue weighted by Gasteiger charge is 2.30.